The standard InChI is InChI=1S/C29H26ClN5O2S/c1-3-6-26(36)32-21-13-9-19(10-14-21)27(37)18(2)38-29-34-33-28(35(29)22-15-11-20(30)12-16-22)24-17-31-25-8-5-4-7-23(24)25/h4-5,7-18,31H,3,6H2,1-2H3,(H,32,36)/t18-/m1/s1. The number of Topliss-reactive ketones (excluding diaryl/α,β-unsaturated/α-hetero) is 1. The van der Waals surface area contributed by atoms with Crippen molar-refractivity contribution < 1.29 is 9.59 Å². The zero-order valence-electron chi connectivity index (χ0n) is 20.9. The Kier molecular flexibility index (Phi) is 7.62. The number of carbonyl (C=O) groups excluding carboxylic acids is 2. The van der Waals surface area contributed by atoms with Gasteiger partial charge in [-0.1, -0.05) is 48.5 Å². The zero-order valence-corrected chi connectivity index (χ0v) is 22.5. The fraction of sp³-hybridized carbons (Fsp3) is 0.172. The number of ketones is 1. The van der Waals surface area contributed by atoms with Crippen LogP contribution in [0.25, 0.3) is 28.0 Å². The van der Waals surface area contributed by atoms with Crippen LogP contribution in [0.4, 0.5) is 5.69 Å². The van der Waals surface area contributed by atoms with Gasteiger partial charge in [0, 0.05) is 51.0 Å². The van der Waals surface area contributed by atoms with Gasteiger partial charge in [-0.2, -0.15) is 0 Å². The third kappa shape index (κ3) is 5.37. The molecule has 2 aromatic heterocycles. The summed E-state index contributed by atoms with van der Waals surface area (Å²) < 4.78 is 1.95. The Morgan fingerprint density at radius 1 is 1.03 bits per heavy atom. The predicted octanol–water partition coefficient (Wildman–Crippen LogP) is 7.17. The molecule has 7 nitrogen and oxygen atoms in total. The fourth-order valence-electron chi connectivity index (χ4n) is 4.21. The second kappa shape index (κ2) is 11.2. The van der Waals surface area contributed by atoms with Gasteiger partial charge in [0.15, 0.2) is 16.8 Å². The number of fused-ring (bicyclic) bond motifs is 1. The molecule has 1 amide bonds. The number of nitrogens with one attached hydrogen (secondary N) is 2. The van der Waals surface area contributed by atoms with Gasteiger partial charge in [-0.05, 0) is 67.9 Å². The van der Waals surface area contributed by atoms with Crippen LogP contribution in [0, 0.1) is 0 Å². The molecule has 0 aliphatic rings. The summed E-state index contributed by atoms with van der Waals surface area (Å²) in [6.07, 6.45) is 3.16. The molecule has 9 heteroatoms. The molecule has 0 unspecified atom stereocenters. The molecule has 5 aromatic rings. The summed E-state index contributed by atoms with van der Waals surface area (Å²) in [4.78, 5) is 28.5. The van der Waals surface area contributed by atoms with E-state index in [9.17, 15) is 9.59 Å². The van der Waals surface area contributed by atoms with Crippen molar-refractivity contribution in [1.29, 1.82) is 0 Å². The van der Waals surface area contributed by atoms with E-state index in [1.165, 1.54) is 11.8 Å². The summed E-state index contributed by atoms with van der Waals surface area (Å²) >= 11 is 7.50. The lowest BCUT2D eigenvalue weighted by molar-refractivity contribution is -0.116. The number of thioether (sulfide) groups is 1. The maximum Gasteiger partial charge on any atom is 0.224 e. The summed E-state index contributed by atoms with van der Waals surface area (Å²) in [5.41, 5.74) is 3.99. The van der Waals surface area contributed by atoms with Crippen LogP contribution in [0.15, 0.2) is 84.1 Å². The molecule has 3 aromatic carbocycles. The van der Waals surface area contributed by atoms with Crippen molar-refractivity contribution in [3.63, 3.8) is 0 Å². The first-order valence-electron chi connectivity index (χ1n) is 12.3. The van der Waals surface area contributed by atoms with Gasteiger partial charge in [0.1, 0.15) is 0 Å². The highest BCUT2D eigenvalue weighted by Crippen LogP contribution is 2.34. The van der Waals surface area contributed by atoms with Crippen LogP contribution in [0.2, 0.25) is 5.02 Å². The monoisotopic (exact) mass is 543 g/mol. The van der Waals surface area contributed by atoms with Crippen LogP contribution < -0.4 is 5.32 Å². The Hall–Kier alpha value is -3.88. The molecule has 0 radical (unpaired) electrons. The van der Waals surface area contributed by atoms with E-state index in [2.05, 4.69) is 20.5 Å². The minimum atomic E-state index is -0.429. The Balaban J connectivity index is 1.44. The third-order valence-corrected chi connectivity index (χ3v) is 7.42. The van der Waals surface area contributed by atoms with Gasteiger partial charge in [0.2, 0.25) is 5.91 Å². The van der Waals surface area contributed by atoms with Crippen LogP contribution in [-0.2, 0) is 4.79 Å². The molecule has 0 fully saturated rings. The van der Waals surface area contributed by atoms with E-state index in [0.717, 1.165) is 28.6 Å². The quantitative estimate of drug-likeness (QED) is 0.152. The number of hydrogen-bond donors (Lipinski definition) is 2. The Labute approximate surface area is 229 Å². The van der Waals surface area contributed by atoms with Crippen LogP contribution in [0.3, 0.4) is 0 Å². The molecule has 5 rings (SSSR count). The average molecular weight is 544 g/mol. The van der Waals surface area contributed by atoms with Gasteiger partial charge in [0.05, 0.1) is 5.25 Å². The lowest BCUT2D eigenvalue weighted by Gasteiger charge is -2.13. The van der Waals surface area contributed by atoms with Gasteiger partial charge in [-0.25, -0.2) is 0 Å². The number of hydrogen-bond acceptors (Lipinski definition) is 5. The summed E-state index contributed by atoms with van der Waals surface area (Å²) in [5, 5.41) is 13.7. The third-order valence-electron chi connectivity index (χ3n) is 6.13. The number of aromatic amines is 1. The van der Waals surface area contributed by atoms with Crippen LogP contribution in [0.1, 0.15) is 37.0 Å². The number of aromatic nitrogens is 4. The summed E-state index contributed by atoms with van der Waals surface area (Å²) in [6.45, 7) is 3.81. The first-order valence-corrected chi connectivity index (χ1v) is 13.6. The molecule has 0 aliphatic heterocycles. The molecule has 2 heterocycles. The highest BCUT2D eigenvalue weighted by molar-refractivity contribution is 8.00. The first-order chi connectivity index (χ1) is 18.4. The lowest BCUT2D eigenvalue weighted by Crippen LogP contribution is -2.15. The van der Waals surface area contributed by atoms with Crippen molar-refractivity contribution in [3.05, 3.63) is 89.6 Å². The molecular formula is C29H26ClN5O2S. The highest BCUT2D eigenvalue weighted by Gasteiger charge is 2.24. The Morgan fingerprint density at radius 2 is 1.76 bits per heavy atom. The average Bonchev–Trinajstić information content (AvgIpc) is 3.53. The molecule has 0 spiro atoms. The number of nitrogens with zero attached hydrogens (tertiary/aromatic N) is 3. The normalized spacial score (nSPS) is 12.0. The number of anilines is 1. The predicted molar refractivity (Wildman–Crippen MR) is 153 cm³/mol. The molecule has 38 heavy (non-hydrogen) atoms. The fourth-order valence-corrected chi connectivity index (χ4v) is 5.29. The number of rotatable bonds is 9. The van der Waals surface area contributed by atoms with E-state index < -0.39 is 5.25 Å². The van der Waals surface area contributed by atoms with Gasteiger partial charge in [-0.15, -0.1) is 10.2 Å². The highest BCUT2D eigenvalue weighted by atomic mass is 35.5. The van der Waals surface area contributed by atoms with Crippen molar-refractivity contribution in [2.24, 2.45) is 0 Å². The largest absolute Gasteiger partial charge is 0.360 e. The van der Waals surface area contributed by atoms with Crippen molar-refractivity contribution >= 4 is 51.6 Å². The Bertz CT molecular complexity index is 1590. The summed E-state index contributed by atoms with van der Waals surface area (Å²) in [5.74, 6) is 0.586. The topological polar surface area (TPSA) is 92.7 Å². The number of benzene rings is 3. The molecule has 0 saturated carbocycles. The molecule has 2 N–H and O–H groups in total. The van der Waals surface area contributed by atoms with E-state index in [4.69, 9.17) is 11.6 Å². The van der Waals surface area contributed by atoms with E-state index in [1.54, 1.807) is 24.3 Å². The van der Waals surface area contributed by atoms with Gasteiger partial charge in [-0.3, -0.25) is 14.2 Å². The Morgan fingerprint density at radius 3 is 2.50 bits per heavy atom. The number of amides is 1. The van der Waals surface area contributed by atoms with Crippen LogP contribution >= 0.6 is 23.4 Å². The van der Waals surface area contributed by atoms with Gasteiger partial charge >= 0.3 is 0 Å². The van der Waals surface area contributed by atoms with E-state index in [1.807, 2.05) is 73.1 Å². The molecular weight excluding hydrogens is 518 g/mol. The van der Waals surface area contributed by atoms with E-state index >= 15 is 0 Å². The maximum absolute atomic E-state index is 13.3. The second-order valence-electron chi connectivity index (χ2n) is 8.87. The minimum Gasteiger partial charge on any atom is -0.360 e. The number of H-pyrrole nitrogens is 1. The van der Waals surface area contributed by atoms with Crippen molar-refractivity contribution in [3.8, 4) is 17.1 Å². The molecule has 0 saturated heterocycles. The molecule has 192 valence electrons. The van der Waals surface area contributed by atoms with Crippen LogP contribution in [-0.4, -0.2) is 36.7 Å². The molecule has 1 atom stereocenters. The number of carbonyl (C=O) groups is 2. The minimum absolute atomic E-state index is 0.0389. The summed E-state index contributed by atoms with van der Waals surface area (Å²) in [6, 6.07) is 22.5. The van der Waals surface area contributed by atoms with Crippen molar-refractivity contribution in [1.82, 2.24) is 19.7 Å². The summed E-state index contributed by atoms with van der Waals surface area (Å²) in [7, 11) is 0. The van der Waals surface area contributed by atoms with Gasteiger partial charge in [0.25, 0.3) is 0 Å². The van der Waals surface area contributed by atoms with Crippen LogP contribution in [0.5, 0.6) is 0 Å². The van der Waals surface area contributed by atoms with Crippen molar-refractivity contribution in [2.75, 3.05) is 5.32 Å². The number of para-hydroxylation sites is 1. The van der Waals surface area contributed by atoms with E-state index in [0.29, 0.717) is 33.7 Å². The second-order valence-corrected chi connectivity index (χ2v) is 10.6. The molecule has 0 bridgehead atoms. The molecule has 0 aliphatic carbocycles. The van der Waals surface area contributed by atoms with Crippen molar-refractivity contribution in [2.45, 2.75) is 37.1 Å². The maximum atomic E-state index is 13.3. The first kappa shape index (κ1) is 25.8. The SMILES string of the molecule is CCCC(=O)Nc1ccc(C(=O)[C@@H](C)Sc2nnc(-c3c[nH]c4ccccc34)n2-c2ccc(Cl)cc2)cc1. The lowest BCUT2D eigenvalue weighted by atomic mass is 10.1. The van der Waals surface area contributed by atoms with E-state index in [-0.39, 0.29) is 11.7 Å². The van der Waals surface area contributed by atoms with Gasteiger partial charge < -0.3 is 10.3 Å². The number of halogens is 1. The smallest absolute Gasteiger partial charge is 0.224 e. The zero-order chi connectivity index (χ0) is 26.6.